The molecule has 0 aliphatic rings. The summed E-state index contributed by atoms with van der Waals surface area (Å²) in [5.74, 6) is 0.0305. The topological polar surface area (TPSA) is 24.9 Å². The van der Waals surface area contributed by atoms with Crippen LogP contribution in [-0.2, 0) is 6.54 Å². The molecule has 1 N–H and O–H groups in total. The number of rotatable bonds is 5. The number of hydrogen-bond donors (Lipinski definition) is 1. The molecular formula is C10H13F3N2S. The van der Waals surface area contributed by atoms with Gasteiger partial charge in [0.25, 0.3) is 0 Å². The van der Waals surface area contributed by atoms with Gasteiger partial charge in [-0.3, -0.25) is 4.98 Å². The van der Waals surface area contributed by atoms with Gasteiger partial charge in [0.05, 0.1) is 0 Å². The van der Waals surface area contributed by atoms with E-state index < -0.39 is 5.51 Å². The summed E-state index contributed by atoms with van der Waals surface area (Å²) in [4.78, 5) is 4.00. The molecule has 16 heavy (non-hydrogen) atoms. The summed E-state index contributed by atoms with van der Waals surface area (Å²) in [7, 11) is 0. The lowest BCUT2D eigenvalue weighted by Crippen LogP contribution is -2.18. The molecule has 0 bridgehead atoms. The van der Waals surface area contributed by atoms with Crippen molar-refractivity contribution in [1.29, 1.82) is 0 Å². The van der Waals surface area contributed by atoms with Crippen molar-refractivity contribution < 1.29 is 13.2 Å². The number of halogens is 3. The van der Waals surface area contributed by atoms with E-state index in [-0.39, 0.29) is 17.5 Å². The van der Waals surface area contributed by atoms with E-state index in [4.69, 9.17) is 0 Å². The molecule has 0 radical (unpaired) electrons. The van der Waals surface area contributed by atoms with Crippen molar-refractivity contribution in [3.63, 3.8) is 0 Å². The SMILES string of the molecule is Cc1cncc(CNCCSC(F)(F)F)c1. The van der Waals surface area contributed by atoms with Gasteiger partial charge < -0.3 is 5.32 Å². The van der Waals surface area contributed by atoms with Crippen LogP contribution in [0.4, 0.5) is 13.2 Å². The second kappa shape index (κ2) is 6.10. The standard InChI is InChI=1S/C10H13F3N2S/c1-8-4-9(7-15-5-8)6-14-2-3-16-10(11,12)13/h4-5,7,14H,2-3,6H2,1H3. The van der Waals surface area contributed by atoms with Crippen LogP contribution in [0.15, 0.2) is 18.5 Å². The molecule has 6 heteroatoms. The Bertz CT molecular complexity index is 328. The fourth-order valence-corrected chi connectivity index (χ4v) is 1.66. The number of aromatic nitrogens is 1. The molecule has 0 saturated carbocycles. The maximum atomic E-state index is 11.8. The first-order valence-electron chi connectivity index (χ1n) is 4.79. The van der Waals surface area contributed by atoms with Crippen molar-refractivity contribution in [2.45, 2.75) is 19.0 Å². The van der Waals surface area contributed by atoms with Crippen LogP contribution in [-0.4, -0.2) is 22.8 Å². The quantitative estimate of drug-likeness (QED) is 0.813. The van der Waals surface area contributed by atoms with Crippen molar-refractivity contribution in [2.24, 2.45) is 0 Å². The molecular weight excluding hydrogens is 237 g/mol. The second-order valence-corrected chi connectivity index (χ2v) is 4.50. The minimum Gasteiger partial charge on any atom is -0.312 e. The lowest BCUT2D eigenvalue weighted by molar-refractivity contribution is -0.0327. The number of hydrogen-bond acceptors (Lipinski definition) is 3. The third-order valence-corrected chi connectivity index (χ3v) is 2.54. The van der Waals surface area contributed by atoms with Crippen LogP contribution < -0.4 is 5.32 Å². The van der Waals surface area contributed by atoms with Gasteiger partial charge in [-0.25, -0.2) is 0 Å². The molecule has 1 heterocycles. The van der Waals surface area contributed by atoms with Crippen LogP contribution in [0.3, 0.4) is 0 Å². The van der Waals surface area contributed by atoms with E-state index in [9.17, 15) is 13.2 Å². The summed E-state index contributed by atoms with van der Waals surface area (Å²) in [6.45, 7) is 2.81. The highest BCUT2D eigenvalue weighted by Gasteiger charge is 2.27. The first kappa shape index (κ1) is 13.3. The molecule has 1 aromatic rings. The largest absolute Gasteiger partial charge is 0.441 e. The van der Waals surface area contributed by atoms with Gasteiger partial charge in [0.2, 0.25) is 0 Å². The zero-order valence-corrected chi connectivity index (χ0v) is 9.66. The highest BCUT2D eigenvalue weighted by Crippen LogP contribution is 2.29. The Morgan fingerprint density at radius 2 is 2.12 bits per heavy atom. The van der Waals surface area contributed by atoms with Crippen molar-refractivity contribution in [3.05, 3.63) is 29.6 Å². The summed E-state index contributed by atoms with van der Waals surface area (Å²) in [5, 5.41) is 2.94. The molecule has 90 valence electrons. The van der Waals surface area contributed by atoms with E-state index in [1.54, 1.807) is 12.4 Å². The molecule has 0 spiro atoms. The fourth-order valence-electron chi connectivity index (χ4n) is 1.19. The number of aryl methyl sites for hydroxylation is 1. The molecule has 0 aromatic carbocycles. The van der Waals surface area contributed by atoms with Gasteiger partial charge >= 0.3 is 5.51 Å². The zero-order valence-electron chi connectivity index (χ0n) is 8.84. The summed E-state index contributed by atoms with van der Waals surface area (Å²) in [5.41, 5.74) is -2.10. The van der Waals surface area contributed by atoms with Crippen LogP contribution in [0.2, 0.25) is 0 Å². The molecule has 2 nitrogen and oxygen atoms in total. The van der Waals surface area contributed by atoms with Gasteiger partial charge in [0.15, 0.2) is 0 Å². The van der Waals surface area contributed by atoms with E-state index in [0.717, 1.165) is 11.1 Å². The highest BCUT2D eigenvalue weighted by molar-refractivity contribution is 8.00. The Morgan fingerprint density at radius 3 is 2.75 bits per heavy atom. The fraction of sp³-hybridized carbons (Fsp3) is 0.500. The number of pyridine rings is 1. The first-order chi connectivity index (χ1) is 7.47. The Balaban J connectivity index is 2.17. The van der Waals surface area contributed by atoms with Crippen LogP contribution >= 0.6 is 11.8 Å². The minimum atomic E-state index is -4.13. The lowest BCUT2D eigenvalue weighted by atomic mass is 10.2. The van der Waals surface area contributed by atoms with E-state index in [1.807, 2.05) is 13.0 Å². The summed E-state index contributed by atoms with van der Waals surface area (Å²) < 4.78 is 35.4. The molecule has 1 aromatic heterocycles. The molecule has 0 amide bonds. The number of nitrogens with one attached hydrogen (secondary N) is 1. The van der Waals surface area contributed by atoms with Crippen LogP contribution in [0.1, 0.15) is 11.1 Å². The monoisotopic (exact) mass is 250 g/mol. The van der Waals surface area contributed by atoms with Gasteiger partial charge in [-0.05, 0) is 29.8 Å². The predicted molar refractivity (Wildman–Crippen MR) is 59.2 cm³/mol. The Hall–Kier alpha value is -0.750. The Morgan fingerprint density at radius 1 is 1.38 bits per heavy atom. The summed E-state index contributed by atoms with van der Waals surface area (Å²) in [6.07, 6.45) is 3.44. The summed E-state index contributed by atoms with van der Waals surface area (Å²) in [6, 6.07) is 1.96. The zero-order chi connectivity index (χ0) is 12.0. The number of nitrogens with zero attached hydrogens (tertiary/aromatic N) is 1. The summed E-state index contributed by atoms with van der Waals surface area (Å²) >= 11 is -0.00627. The number of thioether (sulfide) groups is 1. The van der Waals surface area contributed by atoms with Crippen LogP contribution in [0.25, 0.3) is 0 Å². The van der Waals surface area contributed by atoms with E-state index in [1.165, 1.54) is 0 Å². The average molecular weight is 250 g/mol. The van der Waals surface area contributed by atoms with Crippen molar-refractivity contribution >= 4 is 11.8 Å². The van der Waals surface area contributed by atoms with Gasteiger partial charge in [0, 0.05) is 31.2 Å². The smallest absolute Gasteiger partial charge is 0.312 e. The maximum absolute atomic E-state index is 11.8. The molecule has 1 rings (SSSR count). The van der Waals surface area contributed by atoms with Gasteiger partial charge in [-0.2, -0.15) is 13.2 Å². The highest BCUT2D eigenvalue weighted by atomic mass is 32.2. The van der Waals surface area contributed by atoms with Gasteiger partial charge in [-0.15, -0.1) is 0 Å². The normalized spacial score (nSPS) is 11.8. The Kier molecular flexibility index (Phi) is 5.08. The molecule has 0 saturated heterocycles. The van der Waals surface area contributed by atoms with Gasteiger partial charge in [0.1, 0.15) is 0 Å². The average Bonchev–Trinajstić information content (AvgIpc) is 2.15. The minimum absolute atomic E-state index is 0.00627. The third kappa shape index (κ3) is 5.97. The van der Waals surface area contributed by atoms with E-state index in [2.05, 4.69) is 10.3 Å². The van der Waals surface area contributed by atoms with E-state index >= 15 is 0 Å². The van der Waals surface area contributed by atoms with Crippen molar-refractivity contribution in [2.75, 3.05) is 12.3 Å². The molecule has 0 atom stereocenters. The number of alkyl halides is 3. The molecule has 0 fully saturated rings. The molecule has 0 aliphatic carbocycles. The van der Waals surface area contributed by atoms with Crippen molar-refractivity contribution in [1.82, 2.24) is 10.3 Å². The third-order valence-electron chi connectivity index (χ3n) is 1.81. The van der Waals surface area contributed by atoms with Crippen LogP contribution in [0.5, 0.6) is 0 Å². The Labute approximate surface area is 96.6 Å². The van der Waals surface area contributed by atoms with Gasteiger partial charge in [-0.1, -0.05) is 6.07 Å². The predicted octanol–water partition coefficient (Wildman–Crippen LogP) is 2.73. The van der Waals surface area contributed by atoms with Crippen LogP contribution in [0, 0.1) is 6.92 Å². The molecule has 0 unspecified atom stereocenters. The lowest BCUT2D eigenvalue weighted by Gasteiger charge is -2.07. The van der Waals surface area contributed by atoms with E-state index in [0.29, 0.717) is 13.1 Å². The molecule has 0 aliphatic heterocycles. The second-order valence-electron chi connectivity index (χ2n) is 3.34. The first-order valence-corrected chi connectivity index (χ1v) is 5.78. The maximum Gasteiger partial charge on any atom is 0.441 e. The van der Waals surface area contributed by atoms with Crippen molar-refractivity contribution in [3.8, 4) is 0 Å².